The first kappa shape index (κ1) is 12.6. The lowest BCUT2D eigenvalue weighted by Gasteiger charge is -2.60. The van der Waals surface area contributed by atoms with Crippen LogP contribution in [0.15, 0.2) is 18.2 Å². The smallest absolute Gasteiger partial charge is 0.129 e. The zero-order valence-electron chi connectivity index (χ0n) is 12.4. The number of rotatable bonds is 3. The van der Waals surface area contributed by atoms with Crippen LogP contribution in [0.2, 0.25) is 0 Å². The second kappa shape index (κ2) is 4.45. The highest BCUT2D eigenvalue weighted by Gasteiger charge is 2.53. The number of hydrogen-bond acceptors (Lipinski definition) is 3. The zero-order chi connectivity index (χ0) is 13.7. The Morgan fingerprint density at radius 1 is 1.15 bits per heavy atom. The number of anilines is 1. The van der Waals surface area contributed by atoms with Crippen LogP contribution in [0.1, 0.15) is 44.2 Å². The van der Waals surface area contributed by atoms with Gasteiger partial charge >= 0.3 is 0 Å². The van der Waals surface area contributed by atoms with Crippen molar-refractivity contribution in [2.75, 3.05) is 11.9 Å². The van der Waals surface area contributed by atoms with E-state index in [9.17, 15) is 0 Å². The summed E-state index contributed by atoms with van der Waals surface area (Å²) in [7, 11) is 2.26. The average molecular weight is 271 g/mol. The maximum atomic E-state index is 5.74. The van der Waals surface area contributed by atoms with Gasteiger partial charge in [0, 0.05) is 19.1 Å². The number of aromatic nitrogens is 1. The third kappa shape index (κ3) is 1.86. The van der Waals surface area contributed by atoms with E-state index in [2.05, 4.69) is 24.1 Å². The molecule has 0 unspecified atom stereocenters. The topological polar surface area (TPSA) is 42.1 Å². The molecule has 1 aromatic heterocycles. The van der Waals surface area contributed by atoms with Gasteiger partial charge in [0.2, 0.25) is 0 Å². The standard InChI is InChI=1S/C17H25N3/c1-20(16-4-2-3-15(11-18)19-16)17-8-12-5-13(9-17)7-14(6-12)10-17/h2-4,12-14H,5-11,18H2,1H3. The summed E-state index contributed by atoms with van der Waals surface area (Å²) < 4.78 is 0. The minimum atomic E-state index is 0.384. The van der Waals surface area contributed by atoms with Crippen LogP contribution in [-0.2, 0) is 6.54 Å². The highest BCUT2D eigenvalue weighted by molar-refractivity contribution is 5.43. The SMILES string of the molecule is CN(c1cccc(CN)n1)C12CC3CC(CC(C3)C1)C2. The molecule has 4 aliphatic carbocycles. The third-order valence-electron chi connectivity index (χ3n) is 6.06. The van der Waals surface area contributed by atoms with Crippen molar-refractivity contribution in [1.29, 1.82) is 0 Å². The number of hydrogen-bond donors (Lipinski definition) is 1. The van der Waals surface area contributed by atoms with Crippen molar-refractivity contribution in [3.05, 3.63) is 23.9 Å². The molecule has 0 amide bonds. The molecule has 2 N–H and O–H groups in total. The Morgan fingerprint density at radius 3 is 2.30 bits per heavy atom. The van der Waals surface area contributed by atoms with Crippen LogP contribution in [0, 0.1) is 17.8 Å². The molecular formula is C17H25N3. The summed E-state index contributed by atoms with van der Waals surface area (Å²) >= 11 is 0. The van der Waals surface area contributed by atoms with Crippen LogP contribution in [-0.4, -0.2) is 17.6 Å². The lowest BCUT2D eigenvalue weighted by molar-refractivity contribution is -0.00230. The zero-order valence-corrected chi connectivity index (χ0v) is 12.4. The quantitative estimate of drug-likeness (QED) is 0.919. The van der Waals surface area contributed by atoms with Gasteiger partial charge in [-0.05, 0) is 68.4 Å². The van der Waals surface area contributed by atoms with Crippen molar-refractivity contribution in [2.24, 2.45) is 23.5 Å². The predicted octanol–water partition coefficient (Wildman–Crippen LogP) is 2.95. The Balaban J connectivity index is 1.65. The fourth-order valence-electron chi connectivity index (χ4n) is 5.49. The molecule has 1 heterocycles. The van der Waals surface area contributed by atoms with Crippen molar-refractivity contribution in [3.63, 3.8) is 0 Å². The molecule has 1 aromatic rings. The third-order valence-corrected chi connectivity index (χ3v) is 6.06. The Bertz CT molecular complexity index is 475. The van der Waals surface area contributed by atoms with E-state index in [1.165, 1.54) is 38.5 Å². The first-order chi connectivity index (χ1) is 9.68. The minimum absolute atomic E-state index is 0.384. The number of nitrogens with zero attached hydrogens (tertiary/aromatic N) is 2. The van der Waals surface area contributed by atoms with E-state index in [0.29, 0.717) is 12.1 Å². The largest absolute Gasteiger partial charge is 0.354 e. The van der Waals surface area contributed by atoms with Gasteiger partial charge in [0.15, 0.2) is 0 Å². The molecule has 0 spiro atoms. The van der Waals surface area contributed by atoms with Gasteiger partial charge in [0.05, 0.1) is 5.69 Å². The fourth-order valence-corrected chi connectivity index (χ4v) is 5.49. The Morgan fingerprint density at radius 2 is 1.75 bits per heavy atom. The van der Waals surface area contributed by atoms with Gasteiger partial charge in [0.1, 0.15) is 5.82 Å². The maximum Gasteiger partial charge on any atom is 0.129 e. The summed E-state index contributed by atoms with van der Waals surface area (Å²) in [5, 5.41) is 0. The molecule has 0 atom stereocenters. The van der Waals surface area contributed by atoms with Gasteiger partial charge in [0.25, 0.3) is 0 Å². The highest BCUT2D eigenvalue weighted by Crippen LogP contribution is 2.57. The van der Waals surface area contributed by atoms with Gasteiger partial charge in [-0.15, -0.1) is 0 Å². The van der Waals surface area contributed by atoms with Crippen LogP contribution in [0.3, 0.4) is 0 Å². The van der Waals surface area contributed by atoms with Gasteiger partial charge in [-0.25, -0.2) is 4.98 Å². The molecule has 0 aliphatic heterocycles. The van der Waals surface area contributed by atoms with Gasteiger partial charge in [-0.2, -0.15) is 0 Å². The Kier molecular flexibility index (Phi) is 2.81. The van der Waals surface area contributed by atoms with Crippen LogP contribution in [0.5, 0.6) is 0 Å². The van der Waals surface area contributed by atoms with E-state index in [0.717, 1.165) is 29.3 Å². The van der Waals surface area contributed by atoms with Crippen molar-refractivity contribution >= 4 is 5.82 Å². The lowest BCUT2D eigenvalue weighted by Crippen LogP contribution is -2.59. The molecule has 4 saturated carbocycles. The Hall–Kier alpha value is -1.09. The summed E-state index contributed by atoms with van der Waals surface area (Å²) in [5.74, 6) is 4.04. The minimum Gasteiger partial charge on any atom is -0.354 e. The molecule has 4 bridgehead atoms. The predicted molar refractivity (Wildman–Crippen MR) is 81.4 cm³/mol. The molecule has 4 aliphatic rings. The molecule has 0 saturated heterocycles. The molecule has 3 heteroatoms. The first-order valence-electron chi connectivity index (χ1n) is 8.08. The maximum absolute atomic E-state index is 5.74. The lowest BCUT2D eigenvalue weighted by atomic mass is 9.52. The second-order valence-electron chi connectivity index (χ2n) is 7.39. The molecule has 20 heavy (non-hydrogen) atoms. The summed E-state index contributed by atoms with van der Waals surface area (Å²) in [6.45, 7) is 0.530. The van der Waals surface area contributed by atoms with Crippen LogP contribution < -0.4 is 10.6 Å². The van der Waals surface area contributed by atoms with E-state index < -0.39 is 0 Å². The molecule has 3 nitrogen and oxygen atoms in total. The van der Waals surface area contributed by atoms with Crippen molar-refractivity contribution in [1.82, 2.24) is 4.98 Å². The summed E-state index contributed by atoms with van der Waals surface area (Å²) in [4.78, 5) is 7.25. The molecule has 108 valence electrons. The molecule has 0 radical (unpaired) electrons. The van der Waals surface area contributed by atoms with E-state index in [4.69, 9.17) is 10.7 Å². The van der Waals surface area contributed by atoms with E-state index in [1.54, 1.807) is 0 Å². The van der Waals surface area contributed by atoms with Crippen molar-refractivity contribution < 1.29 is 0 Å². The highest BCUT2D eigenvalue weighted by atomic mass is 15.2. The van der Waals surface area contributed by atoms with E-state index in [1.807, 2.05) is 6.07 Å². The molecule has 4 fully saturated rings. The van der Waals surface area contributed by atoms with Crippen LogP contribution >= 0.6 is 0 Å². The average Bonchev–Trinajstić information content (AvgIpc) is 2.45. The van der Waals surface area contributed by atoms with E-state index in [-0.39, 0.29) is 0 Å². The van der Waals surface area contributed by atoms with Crippen molar-refractivity contribution in [2.45, 2.75) is 50.6 Å². The molecule has 0 aromatic carbocycles. The van der Waals surface area contributed by atoms with Gasteiger partial charge in [-0.3, -0.25) is 0 Å². The van der Waals surface area contributed by atoms with Crippen molar-refractivity contribution in [3.8, 4) is 0 Å². The summed E-state index contributed by atoms with van der Waals surface area (Å²) in [6.07, 6.45) is 8.61. The van der Waals surface area contributed by atoms with Gasteiger partial charge < -0.3 is 10.6 Å². The van der Waals surface area contributed by atoms with Crippen LogP contribution in [0.4, 0.5) is 5.82 Å². The second-order valence-corrected chi connectivity index (χ2v) is 7.39. The summed E-state index contributed by atoms with van der Waals surface area (Å²) in [5.41, 5.74) is 7.13. The normalized spacial score (nSPS) is 38.2. The summed E-state index contributed by atoms with van der Waals surface area (Å²) in [6, 6.07) is 6.27. The van der Waals surface area contributed by atoms with Crippen LogP contribution in [0.25, 0.3) is 0 Å². The monoisotopic (exact) mass is 271 g/mol. The Labute approximate surface area is 121 Å². The molecule has 5 rings (SSSR count). The first-order valence-corrected chi connectivity index (χ1v) is 8.08. The van der Waals surface area contributed by atoms with Gasteiger partial charge in [-0.1, -0.05) is 6.07 Å². The van der Waals surface area contributed by atoms with E-state index >= 15 is 0 Å². The number of pyridine rings is 1. The molecular weight excluding hydrogens is 246 g/mol. The number of nitrogens with two attached hydrogens (primary N) is 1. The fraction of sp³-hybridized carbons (Fsp3) is 0.706.